The molecule has 0 amide bonds. The Kier molecular flexibility index (Phi) is 3.33. The van der Waals surface area contributed by atoms with Crippen LogP contribution in [0.4, 0.5) is 0 Å². The number of hydrogen-bond donors (Lipinski definition) is 0. The third-order valence-electron chi connectivity index (χ3n) is 4.25. The lowest BCUT2D eigenvalue weighted by Crippen LogP contribution is -2.03. The van der Waals surface area contributed by atoms with E-state index in [1.54, 1.807) is 0 Å². The molecule has 1 heteroatoms. The fraction of sp³-hybridized carbons (Fsp3) is 0.263. The van der Waals surface area contributed by atoms with E-state index < -0.39 is 0 Å². The molecule has 102 valence electrons. The smallest absolute Gasteiger partial charge is 0.0297 e. The van der Waals surface area contributed by atoms with E-state index in [0.717, 1.165) is 0 Å². The number of allylic oxidation sites excluding steroid dienone is 2. The topological polar surface area (TPSA) is 0 Å². The van der Waals surface area contributed by atoms with Crippen LogP contribution < -0.4 is 0 Å². The Morgan fingerprint density at radius 1 is 0.900 bits per heavy atom. The first-order chi connectivity index (χ1) is 9.49. The normalized spacial score (nSPS) is 17.1. The molecule has 0 spiro atoms. The summed E-state index contributed by atoms with van der Waals surface area (Å²) in [7, 11) is 0. The zero-order chi connectivity index (χ0) is 14.4. The third kappa shape index (κ3) is 2.05. The van der Waals surface area contributed by atoms with Crippen LogP contribution in [0.25, 0.3) is 5.57 Å². The van der Waals surface area contributed by atoms with Gasteiger partial charge < -0.3 is 0 Å². The second-order valence-electron chi connectivity index (χ2n) is 5.84. The Hall–Kier alpha value is -1.34. The highest BCUT2D eigenvalue weighted by Crippen LogP contribution is 2.45. The minimum absolute atomic E-state index is 0.376. The fourth-order valence-corrected chi connectivity index (χ4v) is 4.14. The first-order valence-corrected chi connectivity index (χ1v) is 7.83. The van der Waals surface area contributed by atoms with E-state index in [1.165, 1.54) is 43.4 Å². The van der Waals surface area contributed by atoms with Gasteiger partial charge in [-0.2, -0.15) is 0 Å². The molecule has 2 aromatic rings. The Balaban J connectivity index is 2.25. The summed E-state index contributed by atoms with van der Waals surface area (Å²) in [6, 6.07) is 11.1. The lowest BCUT2D eigenvalue weighted by atomic mass is 9.86. The number of rotatable bonds is 1. The molecule has 0 bridgehead atoms. The van der Waals surface area contributed by atoms with Gasteiger partial charge in [0, 0.05) is 10.4 Å². The van der Waals surface area contributed by atoms with Gasteiger partial charge in [-0.1, -0.05) is 51.8 Å². The zero-order valence-corrected chi connectivity index (χ0v) is 14.0. The molecule has 3 rings (SSSR count). The SMILES string of the molecule is CC1=CC(c2c(C)cc(C)cc2C)c2c(Br)cccc21. The highest BCUT2D eigenvalue weighted by molar-refractivity contribution is 9.10. The third-order valence-corrected chi connectivity index (χ3v) is 4.95. The van der Waals surface area contributed by atoms with Crippen molar-refractivity contribution >= 4 is 21.5 Å². The maximum absolute atomic E-state index is 3.74. The first-order valence-electron chi connectivity index (χ1n) is 7.04. The van der Waals surface area contributed by atoms with E-state index >= 15 is 0 Å². The predicted octanol–water partition coefficient (Wildman–Crippen LogP) is 5.92. The maximum Gasteiger partial charge on any atom is 0.0297 e. The minimum Gasteiger partial charge on any atom is -0.0690 e. The Morgan fingerprint density at radius 2 is 1.55 bits per heavy atom. The lowest BCUT2D eigenvalue weighted by molar-refractivity contribution is 0.996. The van der Waals surface area contributed by atoms with Gasteiger partial charge in [-0.15, -0.1) is 0 Å². The maximum atomic E-state index is 3.74. The van der Waals surface area contributed by atoms with Crippen LogP contribution in [0, 0.1) is 20.8 Å². The Labute approximate surface area is 129 Å². The van der Waals surface area contributed by atoms with Gasteiger partial charge in [0.1, 0.15) is 0 Å². The largest absolute Gasteiger partial charge is 0.0690 e. The number of benzene rings is 2. The van der Waals surface area contributed by atoms with Crippen LogP contribution in [0.5, 0.6) is 0 Å². The van der Waals surface area contributed by atoms with Crippen molar-refractivity contribution in [1.82, 2.24) is 0 Å². The summed E-state index contributed by atoms with van der Waals surface area (Å²) in [6.45, 7) is 8.84. The average molecular weight is 327 g/mol. The summed E-state index contributed by atoms with van der Waals surface area (Å²) in [6.07, 6.45) is 2.40. The molecule has 1 aliphatic carbocycles. The highest BCUT2D eigenvalue weighted by Gasteiger charge is 2.26. The molecular weight excluding hydrogens is 308 g/mol. The quantitative estimate of drug-likeness (QED) is 0.609. The average Bonchev–Trinajstić information content (AvgIpc) is 2.67. The molecule has 1 aliphatic rings. The van der Waals surface area contributed by atoms with Gasteiger partial charge in [-0.05, 0) is 67.2 Å². The van der Waals surface area contributed by atoms with Crippen molar-refractivity contribution in [2.24, 2.45) is 0 Å². The second-order valence-corrected chi connectivity index (χ2v) is 6.70. The van der Waals surface area contributed by atoms with Crippen molar-refractivity contribution in [3.8, 4) is 0 Å². The molecule has 1 unspecified atom stereocenters. The van der Waals surface area contributed by atoms with Crippen molar-refractivity contribution in [1.29, 1.82) is 0 Å². The molecule has 0 nitrogen and oxygen atoms in total. The highest BCUT2D eigenvalue weighted by atomic mass is 79.9. The van der Waals surface area contributed by atoms with Crippen LogP contribution in [0.2, 0.25) is 0 Å². The summed E-state index contributed by atoms with van der Waals surface area (Å²) in [5, 5.41) is 0. The molecule has 0 heterocycles. The van der Waals surface area contributed by atoms with Gasteiger partial charge in [0.15, 0.2) is 0 Å². The first kappa shape index (κ1) is 13.6. The summed E-state index contributed by atoms with van der Waals surface area (Å²) in [4.78, 5) is 0. The predicted molar refractivity (Wildman–Crippen MR) is 90.3 cm³/mol. The number of hydrogen-bond acceptors (Lipinski definition) is 0. The van der Waals surface area contributed by atoms with Gasteiger partial charge in [0.25, 0.3) is 0 Å². The van der Waals surface area contributed by atoms with Crippen LogP contribution in [0.15, 0.2) is 40.9 Å². The molecule has 0 saturated carbocycles. The number of fused-ring (bicyclic) bond motifs is 1. The van der Waals surface area contributed by atoms with Crippen molar-refractivity contribution < 1.29 is 0 Å². The van der Waals surface area contributed by atoms with E-state index in [-0.39, 0.29) is 0 Å². The lowest BCUT2D eigenvalue weighted by Gasteiger charge is -2.19. The van der Waals surface area contributed by atoms with E-state index in [1.807, 2.05) is 0 Å². The Bertz CT molecular complexity index is 700. The molecule has 0 aliphatic heterocycles. The van der Waals surface area contributed by atoms with Gasteiger partial charge >= 0.3 is 0 Å². The van der Waals surface area contributed by atoms with E-state index in [0.29, 0.717) is 5.92 Å². The monoisotopic (exact) mass is 326 g/mol. The summed E-state index contributed by atoms with van der Waals surface area (Å²) in [5.74, 6) is 0.376. The summed E-state index contributed by atoms with van der Waals surface area (Å²) >= 11 is 3.74. The number of aryl methyl sites for hydroxylation is 3. The molecule has 1 atom stereocenters. The molecule has 0 N–H and O–H groups in total. The molecule has 20 heavy (non-hydrogen) atoms. The van der Waals surface area contributed by atoms with E-state index in [2.05, 4.69) is 80.0 Å². The van der Waals surface area contributed by atoms with Crippen LogP contribution in [-0.2, 0) is 0 Å². The van der Waals surface area contributed by atoms with Crippen LogP contribution in [0.1, 0.15) is 46.2 Å². The molecule has 2 aromatic carbocycles. The zero-order valence-electron chi connectivity index (χ0n) is 12.4. The molecule has 0 radical (unpaired) electrons. The van der Waals surface area contributed by atoms with Crippen molar-refractivity contribution in [2.75, 3.05) is 0 Å². The van der Waals surface area contributed by atoms with Gasteiger partial charge in [0.05, 0.1) is 0 Å². The van der Waals surface area contributed by atoms with Crippen LogP contribution in [0.3, 0.4) is 0 Å². The minimum atomic E-state index is 0.376. The second kappa shape index (κ2) is 4.89. The van der Waals surface area contributed by atoms with E-state index in [9.17, 15) is 0 Å². The van der Waals surface area contributed by atoms with Crippen LogP contribution in [-0.4, -0.2) is 0 Å². The van der Waals surface area contributed by atoms with Gasteiger partial charge in [0.2, 0.25) is 0 Å². The van der Waals surface area contributed by atoms with Crippen molar-refractivity contribution in [3.63, 3.8) is 0 Å². The summed E-state index contributed by atoms with van der Waals surface area (Å²) < 4.78 is 1.22. The molecule has 0 aromatic heterocycles. The van der Waals surface area contributed by atoms with E-state index in [4.69, 9.17) is 0 Å². The van der Waals surface area contributed by atoms with Crippen LogP contribution >= 0.6 is 15.9 Å². The molecule has 0 fully saturated rings. The van der Waals surface area contributed by atoms with Crippen molar-refractivity contribution in [2.45, 2.75) is 33.6 Å². The molecular formula is C19H19Br. The van der Waals surface area contributed by atoms with Gasteiger partial charge in [-0.25, -0.2) is 0 Å². The number of halogens is 1. The van der Waals surface area contributed by atoms with Crippen molar-refractivity contribution in [3.05, 3.63) is 74.3 Å². The fourth-order valence-electron chi connectivity index (χ4n) is 3.53. The summed E-state index contributed by atoms with van der Waals surface area (Å²) in [5.41, 5.74) is 9.75. The van der Waals surface area contributed by atoms with Gasteiger partial charge in [-0.3, -0.25) is 0 Å². The standard InChI is InChI=1S/C19H19Br/c1-11-8-13(3)18(14(4)9-11)16-10-12(2)15-6-5-7-17(20)19(15)16/h5-10,16H,1-4H3. The molecule has 0 saturated heterocycles. The Morgan fingerprint density at radius 3 is 2.20 bits per heavy atom.